The fourth-order valence-corrected chi connectivity index (χ4v) is 2.64. The van der Waals surface area contributed by atoms with E-state index in [0.717, 1.165) is 19.3 Å². The van der Waals surface area contributed by atoms with Crippen LogP contribution in [-0.2, 0) is 4.79 Å². The van der Waals surface area contributed by atoms with Crippen molar-refractivity contribution < 1.29 is 9.90 Å². The monoisotopic (exact) mass is 154 g/mol. The minimum Gasteiger partial charge on any atom is -0.389 e. The van der Waals surface area contributed by atoms with Gasteiger partial charge in [-0.2, -0.15) is 0 Å². The molecule has 0 aromatic carbocycles. The molecular formula is C9H14O2. The van der Waals surface area contributed by atoms with Crippen LogP contribution in [0.25, 0.3) is 0 Å². The van der Waals surface area contributed by atoms with Crippen LogP contribution in [0.15, 0.2) is 0 Å². The van der Waals surface area contributed by atoms with Crippen molar-refractivity contribution in [1.82, 2.24) is 0 Å². The summed E-state index contributed by atoms with van der Waals surface area (Å²) in [7, 11) is 0. The van der Waals surface area contributed by atoms with Crippen LogP contribution in [-0.4, -0.2) is 16.5 Å². The van der Waals surface area contributed by atoms with E-state index in [-0.39, 0.29) is 11.2 Å². The van der Waals surface area contributed by atoms with E-state index < -0.39 is 5.60 Å². The highest BCUT2D eigenvalue weighted by molar-refractivity contribution is 5.88. The Bertz CT molecular complexity index is 212. The molecule has 2 aliphatic rings. The van der Waals surface area contributed by atoms with Gasteiger partial charge in [-0.1, -0.05) is 0 Å². The summed E-state index contributed by atoms with van der Waals surface area (Å²) in [5.74, 6) is 0.275. The van der Waals surface area contributed by atoms with Gasteiger partial charge in [-0.15, -0.1) is 0 Å². The minimum absolute atomic E-state index is 0.275. The molecule has 2 saturated carbocycles. The molecule has 62 valence electrons. The Balaban J connectivity index is 2.41. The fourth-order valence-electron chi connectivity index (χ4n) is 2.64. The van der Waals surface area contributed by atoms with Crippen molar-refractivity contribution in [1.29, 1.82) is 0 Å². The molecule has 2 aliphatic carbocycles. The Kier molecular flexibility index (Phi) is 1.23. The van der Waals surface area contributed by atoms with E-state index in [1.54, 1.807) is 0 Å². The van der Waals surface area contributed by atoms with Crippen LogP contribution in [0.4, 0.5) is 0 Å². The number of carbonyl (C=O) groups excluding carboxylic acids is 1. The number of carbonyl (C=O) groups is 1. The molecule has 0 spiro atoms. The molecule has 2 atom stereocenters. The topological polar surface area (TPSA) is 37.3 Å². The van der Waals surface area contributed by atoms with Gasteiger partial charge in [0, 0.05) is 6.42 Å². The average Bonchev–Trinajstić information content (AvgIpc) is 2.34. The molecule has 2 nitrogen and oxygen atoms in total. The van der Waals surface area contributed by atoms with Gasteiger partial charge in [-0.3, -0.25) is 4.79 Å². The van der Waals surface area contributed by atoms with E-state index in [2.05, 4.69) is 0 Å². The number of hydrogen-bond donors (Lipinski definition) is 1. The van der Waals surface area contributed by atoms with Gasteiger partial charge in [0.15, 0.2) is 0 Å². The first-order chi connectivity index (χ1) is 5.08. The van der Waals surface area contributed by atoms with E-state index in [1.807, 2.05) is 6.92 Å². The van der Waals surface area contributed by atoms with Crippen LogP contribution in [0.1, 0.15) is 39.0 Å². The highest BCUT2D eigenvalue weighted by atomic mass is 16.3. The Hall–Kier alpha value is -0.370. The normalized spacial score (nSPS) is 49.8. The summed E-state index contributed by atoms with van der Waals surface area (Å²) < 4.78 is 0. The average molecular weight is 154 g/mol. The molecule has 2 rings (SSSR count). The lowest BCUT2D eigenvalue weighted by atomic mass is 9.78. The lowest BCUT2D eigenvalue weighted by Gasteiger charge is -2.30. The fraction of sp³-hybridized carbons (Fsp3) is 0.889. The van der Waals surface area contributed by atoms with Crippen LogP contribution in [0.2, 0.25) is 0 Å². The standard InChI is InChI=1S/C9H14O2/c1-8-4-2-5-9(8,11)6-3-7(8)10/h11H,2-6H2,1H3/t8-,9-/m0/s1. The first kappa shape index (κ1) is 7.29. The number of ketones is 1. The molecule has 0 radical (unpaired) electrons. The summed E-state index contributed by atoms with van der Waals surface area (Å²) in [6.45, 7) is 1.93. The van der Waals surface area contributed by atoms with E-state index in [9.17, 15) is 9.90 Å². The van der Waals surface area contributed by atoms with Crippen molar-refractivity contribution >= 4 is 5.78 Å². The summed E-state index contributed by atoms with van der Waals surface area (Å²) in [6.07, 6.45) is 4.02. The number of Topliss-reactive ketones (excluding diaryl/α,β-unsaturated/α-hetero) is 1. The zero-order valence-electron chi connectivity index (χ0n) is 6.89. The molecule has 11 heavy (non-hydrogen) atoms. The summed E-state index contributed by atoms with van der Waals surface area (Å²) in [6, 6.07) is 0. The van der Waals surface area contributed by atoms with Crippen molar-refractivity contribution in [2.45, 2.75) is 44.6 Å². The summed E-state index contributed by atoms with van der Waals surface area (Å²) in [5, 5.41) is 10.0. The van der Waals surface area contributed by atoms with Gasteiger partial charge in [-0.25, -0.2) is 0 Å². The van der Waals surface area contributed by atoms with E-state index in [4.69, 9.17) is 0 Å². The number of aliphatic hydroxyl groups is 1. The van der Waals surface area contributed by atoms with Crippen LogP contribution in [0.3, 0.4) is 0 Å². The molecule has 2 fully saturated rings. The zero-order valence-corrected chi connectivity index (χ0v) is 6.89. The summed E-state index contributed by atoms with van der Waals surface area (Å²) >= 11 is 0. The quantitative estimate of drug-likeness (QED) is 0.570. The van der Waals surface area contributed by atoms with Crippen molar-refractivity contribution in [2.24, 2.45) is 5.41 Å². The van der Waals surface area contributed by atoms with Gasteiger partial charge in [0.2, 0.25) is 0 Å². The zero-order chi connectivity index (χ0) is 8.11. The molecule has 1 N–H and O–H groups in total. The molecular weight excluding hydrogens is 140 g/mol. The van der Waals surface area contributed by atoms with Gasteiger partial charge in [0.1, 0.15) is 5.78 Å². The molecule has 0 aliphatic heterocycles. The SMILES string of the molecule is C[C@@]12CCC[C@]1(O)CCC2=O. The predicted molar refractivity (Wildman–Crippen MR) is 41.1 cm³/mol. The highest BCUT2D eigenvalue weighted by Crippen LogP contribution is 2.54. The molecule has 0 aromatic rings. The molecule has 0 aromatic heterocycles. The first-order valence-corrected chi connectivity index (χ1v) is 4.34. The lowest BCUT2D eigenvalue weighted by Crippen LogP contribution is -2.40. The van der Waals surface area contributed by atoms with Gasteiger partial charge in [0.05, 0.1) is 11.0 Å². The van der Waals surface area contributed by atoms with Gasteiger partial charge < -0.3 is 5.11 Å². The van der Waals surface area contributed by atoms with Gasteiger partial charge in [-0.05, 0) is 32.6 Å². The maximum atomic E-state index is 11.4. The molecule has 0 saturated heterocycles. The summed E-state index contributed by atoms with van der Waals surface area (Å²) in [4.78, 5) is 11.4. The second kappa shape index (κ2) is 1.86. The van der Waals surface area contributed by atoms with Gasteiger partial charge in [0.25, 0.3) is 0 Å². The molecule has 0 amide bonds. The third kappa shape index (κ3) is 0.684. The third-order valence-electron chi connectivity index (χ3n) is 3.68. The first-order valence-electron chi connectivity index (χ1n) is 4.34. The molecule has 0 heterocycles. The maximum Gasteiger partial charge on any atom is 0.141 e. The van der Waals surface area contributed by atoms with Crippen molar-refractivity contribution in [3.8, 4) is 0 Å². The third-order valence-corrected chi connectivity index (χ3v) is 3.68. The van der Waals surface area contributed by atoms with Crippen molar-refractivity contribution in [3.63, 3.8) is 0 Å². The van der Waals surface area contributed by atoms with Crippen LogP contribution >= 0.6 is 0 Å². The molecule has 0 unspecified atom stereocenters. The van der Waals surface area contributed by atoms with Crippen LogP contribution < -0.4 is 0 Å². The van der Waals surface area contributed by atoms with E-state index in [1.165, 1.54) is 0 Å². The predicted octanol–water partition coefficient (Wildman–Crippen LogP) is 1.27. The maximum absolute atomic E-state index is 11.4. The van der Waals surface area contributed by atoms with Crippen molar-refractivity contribution in [2.75, 3.05) is 0 Å². The Morgan fingerprint density at radius 3 is 2.73 bits per heavy atom. The number of hydrogen-bond acceptors (Lipinski definition) is 2. The Morgan fingerprint density at radius 1 is 1.36 bits per heavy atom. The van der Waals surface area contributed by atoms with Crippen LogP contribution in [0, 0.1) is 5.41 Å². The highest BCUT2D eigenvalue weighted by Gasteiger charge is 2.58. The largest absolute Gasteiger partial charge is 0.389 e. The minimum atomic E-state index is -0.635. The van der Waals surface area contributed by atoms with E-state index >= 15 is 0 Å². The van der Waals surface area contributed by atoms with Gasteiger partial charge >= 0.3 is 0 Å². The second-order valence-corrected chi connectivity index (χ2v) is 4.14. The smallest absolute Gasteiger partial charge is 0.141 e. The molecule has 2 heteroatoms. The Labute approximate surface area is 66.6 Å². The lowest BCUT2D eigenvalue weighted by molar-refractivity contribution is -0.131. The molecule has 0 bridgehead atoms. The number of fused-ring (bicyclic) bond motifs is 1. The van der Waals surface area contributed by atoms with E-state index in [0.29, 0.717) is 12.8 Å². The van der Waals surface area contributed by atoms with Crippen molar-refractivity contribution in [3.05, 3.63) is 0 Å². The number of rotatable bonds is 0. The van der Waals surface area contributed by atoms with Crippen LogP contribution in [0.5, 0.6) is 0 Å². The second-order valence-electron chi connectivity index (χ2n) is 4.14. The Morgan fingerprint density at radius 2 is 2.09 bits per heavy atom. The summed E-state index contributed by atoms with van der Waals surface area (Å²) in [5.41, 5.74) is -1.02.